The highest BCUT2D eigenvalue weighted by atomic mass is 32.1. The zero-order valence-corrected chi connectivity index (χ0v) is 19.0. The summed E-state index contributed by atoms with van der Waals surface area (Å²) in [5, 5.41) is 7.20. The predicted octanol–water partition coefficient (Wildman–Crippen LogP) is 4.01. The number of amides is 1. The lowest BCUT2D eigenvalue weighted by Crippen LogP contribution is -2.36. The van der Waals surface area contributed by atoms with E-state index >= 15 is 0 Å². The maximum atomic E-state index is 12.1. The molecule has 164 valence electrons. The first-order valence-corrected chi connectivity index (χ1v) is 11.3. The van der Waals surface area contributed by atoms with E-state index in [4.69, 9.17) is 17.0 Å². The summed E-state index contributed by atoms with van der Waals surface area (Å²) in [4.78, 5) is 16.4. The number of morpholine rings is 1. The molecular weight excluding hydrogens is 408 g/mol. The van der Waals surface area contributed by atoms with Crippen LogP contribution in [0.3, 0.4) is 0 Å². The van der Waals surface area contributed by atoms with E-state index in [2.05, 4.69) is 46.7 Å². The van der Waals surface area contributed by atoms with Crippen LogP contribution in [0.15, 0.2) is 42.5 Å². The van der Waals surface area contributed by atoms with E-state index in [1.165, 1.54) is 11.3 Å². The first-order chi connectivity index (χ1) is 15.0. The molecule has 1 unspecified atom stereocenters. The molecule has 6 nitrogen and oxygen atoms in total. The minimum Gasteiger partial charge on any atom is -0.378 e. The molecular formula is C24H30N4O2S. The van der Waals surface area contributed by atoms with Crippen LogP contribution < -0.4 is 20.4 Å². The highest BCUT2D eigenvalue weighted by Gasteiger charge is 2.23. The summed E-state index contributed by atoms with van der Waals surface area (Å²) in [6, 6.07) is 14.7. The molecule has 1 amide bonds. The van der Waals surface area contributed by atoms with E-state index in [0.29, 0.717) is 11.5 Å². The smallest absolute Gasteiger partial charge is 0.227 e. The number of nitrogens with one attached hydrogen (secondary N) is 2. The van der Waals surface area contributed by atoms with Gasteiger partial charge in [-0.15, -0.1) is 0 Å². The average Bonchev–Trinajstić information content (AvgIpc) is 3.21. The van der Waals surface area contributed by atoms with Gasteiger partial charge in [0.1, 0.15) is 0 Å². The number of anilines is 3. The molecule has 7 heteroatoms. The standard InChI is InChI=1S/C24H30N4O2S/c1-17-5-8-20(16-22(17)28-11-3-4-23(28)29)26-24(31)25-18(2)19-6-9-21(10-7-19)27-12-14-30-15-13-27/h5-10,16,18H,3-4,11-15H2,1-2H3,(H2,25,26,31). The van der Waals surface area contributed by atoms with Crippen LogP contribution in [0.25, 0.3) is 0 Å². The molecule has 31 heavy (non-hydrogen) atoms. The monoisotopic (exact) mass is 438 g/mol. The van der Waals surface area contributed by atoms with Crippen molar-refractivity contribution in [3.63, 3.8) is 0 Å². The molecule has 0 aromatic heterocycles. The number of aryl methyl sites for hydroxylation is 1. The lowest BCUT2D eigenvalue weighted by molar-refractivity contribution is -0.117. The quantitative estimate of drug-likeness (QED) is 0.688. The largest absolute Gasteiger partial charge is 0.378 e. The molecule has 2 saturated heterocycles. The summed E-state index contributed by atoms with van der Waals surface area (Å²) in [6.45, 7) is 8.35. The van der Waals surface area contributed by atoms with Crippen molar-refractivity contribution in [1.29, 1.82) is 0 Å². The Labute approximate surface area is 189 Å². The van der Waals surface area contributed by atoms with Crippen molar-refractivity contribution < 1.29 is 9.53 Å². The molecule has 2 aromatic rings. The van der Waals surface area contributed by atoms with Gasteiger partial charge in [-0.1, -0.05) is 18.2 Å². The number of carbonyl (C=O) groups is 1. The Morgan fingerprint density at radius 3 is 2.52 bits per heavy atom. The van der Waals surface area contributed by atoms with Crippen LogP contribution in [-0.2, 0) is 9.53 Å². The fourth-order valence-corrected chi connectivity index (χ4v) is 4.42. The molecule has 0 radical (unpaired) electrons. The minimum absolute atomic E-state index is 0.0730. The SMILES string of the molecule is Cc1ccc(NC(=S)NC(C)c2ccc(N3CCOCC3)cc2)cc1N1CCCC1=O. The van der Waals surface area contributed by atoms with Crippen LogP contribution in [0, 0.1) is 6.92 Å². The Balaban J connectivity index is 1.36. The van der Waals surface area contributed by atoms with Gasteiger partial charge in [-0.25, -0.2) is 0 Å². The molecule has 0 spiro atoms. The Kier molecular flexibility index (Phi) is 6.73. The number of rotatable bonds is 5. The van der Waals surface area contributed by atoms with E-state index < -0.39 is 0 Å². The topological polar surface area (TPSA) is 56.8 Å². The van der Waals surface area contributed by atoms with Gasteiger partial charge in [0.25, 0.3) is 0 Å². The number of hydrogen-bond donors (Lipinski definition) is 2. The third-order valence-electron chi connectivity index (χ3n) is 5.95. The van der Waals surface area contributed by atoms with Crippen molar-refractivity contribution in [2.75, 3.05) is 48.0 Å². The van der Waals surface area contributed by atoms with Crippen LogP contribution in [0.4, 0.5) is 17.1 Å². The van der Waals surface area contributed by atoms with Crippen molar-refractivity contribution in [1.82, 2.24) is 5.32 Å². The van der Waals surface area contributed by atoms with Crippen LogP contribution in [0.1, 0.15) is 36.9 Å². The maximum absolute atomic E-state index is 12.1. The highest BCUT2D eigenvalue weighted by molar-refractivity contribution is 7.80. The molecule has 2 aliphatic heterocycles. The Morgan fingerprint density at radius 2 is 1.84 bits per heavy atom. The van der Waals surface area contributed by atoms with Crippen LogP contribution in [0.2, 0.25) is 0 Å². The Morgan fingerprint density at radius 1 is 1.10 bits per heavy atom. The second kappa shape index (κ2) is 9.66. The van der Waals surface area contributed by atoms with Gasteiger partial charge in [-0.2, -0.15) is 0 Å². The van der Waals surface area contributed by atoms with E-state index in [0.717, 1.165) is 56.2 Å². The molecule has 2 heterocycles. The maximum Gasteiger partial charge on any atom is 0.227 e. The van der Waals surface area contributed by atoms with E-state index in [1.54, 1.807) is 0 Å². The fourth-order valence-electron chi connectivity index (χ4n) is 4.12. The molecule has 0 saturated carbocycles. The number of hydrogen-bond acceptors (Lipinski definition) is 4. The summed E-state index contributed by atoms with van der Waals surface area (Å²) in [6.07, 6.45) is 1.54. The van der Waals surface area contributed by atoms with Gasteiger partial charge in [-0.05, 0) is 67.9 Å². The summed E-state index contributed by atoms with van der Waals surface area (Å²) >= 11 is 5.55. The molecule has 0 bridgehead atoms. The van der Waals surface area contributed by atoms with Gasteiger partial charge in [-0.3, -0.25) is 4.79 Å². The van der Waals surface area contributed by atoms with Gasteiger partial charge in [0.2, 0.25) is 5.91 Å². The van der Waals surface area contributed by atoms with Crippen molar-refractivity contribution in [2.45, 2.75) is 32.7 Å². The van der Waals surface area contributed by atoms with Crippen LogP contribution in [-0.4, -0.2) is 43.9 Å². The van der Waals surface area contributed by atoms with Crippen molar-refractivity contribution in [2.24, 2.45) is 0 Å². The molecule has 2 aliphatic rings. The van der Waals surface area contributed by atoms with E-state index in [9.17, 15) is 4.79 Å². The normalized spacial score (nSPS) is 17.5. The molecule has 4 rings (SSSR count). The molecule has 2 aromatic carbocycles. The van der Waals surface area contributed by atoms with E-state index in [-0.39, 0.29) is 11.9 Å². The van der Waals surface area contributed by atoms with Crippen molar-refractivity contribution in [3.05, 3.63) is 53.6 Å². The van der Waals surface area contributed by atoms with Gasteiger partial charge < -0.3 is 25.2 Å². The number of ether oxygens (including phenoxy) is 1. The Hall–Kier alpha value is -2.64. The molecule has 1 atom stereocenters. The number of carbonyl (C=O) groups excluding carboxylic acids is 1. The van der Waals surface area contributed by atoms with Gasteiger partial charge >= 0.3 is 0 Å². The zero-order chi connectivity index (χ0) is 21.8. The number of nitrogens with zero attached hydrogens (tertiary/aromatic N) is 2. The molecule has 2 N–H and O–H groups in total. The summed E-state index contributed by atoms with van der Waals surface area (Å²) in [7, 11) is 0. The summed E-state index contributed by atoms with van der Waals surface area (Å²) < 4.78 is 5.43. The van der Waals surface area contributed by atoms with Crippen LogP contribution >= 0.6 is 12.2 Å². The zero-order valence-electron chi connectivity index (χ0n) is 18.2. The van der Waals surface area contributed by atoms with Crippen molar-refractivity contribution >= 4 is 40.3 Å². The van der Waals surface area contributed by atoms with Gasteiger partial charge in [0.15, 0.2) is 5.11 Å². The lowest BCUT2D eigenvalue weighted by atomic mass is 10.1. The highest BCUT2D eigenvalue weighted by Crippen LogP contribution is 2.28. The summed E-state index contributed by atoms with van der Waals surface area (Å²) in [5.41, 5.74) is 5.33. The minimum atomic E-state index is 0.0730. The van der Waals surface area contributed by atoms with Crippen molar-refractivity contribution in [3.8, 4) is 0 Å². The number of benzene rings is 2. The second-order valence-corrected chi connectivity index (χ2v) is 8.57. The second-order valence-electron chi connectivity index (χ2n) is 8.16. The number of thiocarbonyl (C=S) groups is 1. The molecule has 2 fully saturated rings. The Bertz CT molecular complexity index is 941. The van der Waals surface area contributed by atoms with Crippen LogP contribution in [0.5, 0.6) is 0 Å². The fraction of sp³-hybridized carbons (Fsp3) is 0.417. The lowest BCUT2D eigenvalue weighted by Gasteiger charge is -2.29. The predicted molar refractivity (Wildman–Crippen MR) is 130 cm³/mol. The molecule has 0 aliphatic carbocycles. The van der Waals surface area contributed by atoms with E-state index in [1.807, 2.05) is 30.0 Å². The first kappa shape index (κ1) is 21.6. The van der Waals surface area contributed by atoms with Gasteiger partial charge in [0, 0.05) is 43.1 Å². The third-order valence-corrected chi connectivity index (χ3v) is 6.17. The van der Waals surface area contributed by atoms with Gasteiger partial charge in [0.05, 0.1) is 19.3 Å². The third kappa shape index (κ3) is 5.17. The average molecular weight is 439 g/mol. The summed E-state index contributed by atoms with van der Waals surface area (Å²) in [5.74, 6) is 0.190. The first-order valence-electron chi connectivity index (χ1n) is 10.9.